The van der Waals surface area contributed by atoms with Gasteiger partial charge in [0, 0.05) is 19.3 Å². The van der Waals surface area contributed by atoms with Crippen molar-refractivity contribution in [3.05, 3.63) is 27.0 Å². The summed E-state index contributed by atoms with van der Waals surface area (Å²) in [4.78, 5) is 15.9. The number of carbonyl (C=O) groups is 1. The highest BCUT2D eigenvalue weighted by Gasteiger charge is 2.21. The molecule has 0 aromatic carbocycles. The van der Waals surface area contributed by atoms with E-state index in [2.05, 4.69) is 10.3 Å². The third-order valence-electron chi connectivity index (χ3n) is 2.87. The molecule has 2 N–H and O–H groups in total. The van der Waals surface area contributed by atoms with Crippen molar-refractivity contribution in [1.82, 2.24) is 10.3 Å². The molecule has 0 bridgehead atoms. The van der Waals surface area contributed by atoms with Crippen LogP contribution in [0.2, 0.25) is 15.1 Å². The molecule has 7 heteroatoms. The molecule has 0 unspecified atom stereocenters. The standard InChI is InChI=1S/C13H17Cl3N2O2/c1-13(2,4-3-5-19)7-18-12(20)11-10(16)9(15)8(14)6-17-11/h6,19H,3-5,7H2,1-2H3,(H,18,20). The number of halogens is 3. The van der Waals surface area contributed by atoms with E-state index in [1.54, 1.807) is 0 Å². The lowest BCUT2D eigenvalue weighted by molar-refractivity contribution is 0.0928. The lowest BCUT2D eigenvalue weighted by Crippen LogP contribution is -2.34. The van der Waals surface area contributed by atoms with Crippen LogP contribution in [-0.2, 0) is 0 Å². The maximum atomic E-state index is 12.0. The van der Waals surface area contributed by atoms with E-state index in [1.807, 2.05) is 13.8 Å². The normalized spacial score (nSPS) is 11.5. The number of amides is 1. The zero-order valence-electron chi connectivity index (χ0n) is 11.3. The minimum atomic E-state index is -0.398. The molecule has 1 amide bonds. The molecule has 4 nitrogen and oxygen atoms in total. The second-order valence-electron chi connectivity index (χ2n) is 5.26. The van der Waals surface area contributed by atoms with Crippen molar-refractivity contribution in [2.24, 2.45) is 5.41 Å². The summed E-state index contributed by atoms with van der Waals surface area (Å²) in [5.41, 5.74) is -0.0693. The lowest BCUT2D eigenvalue weighted by atomic mass is 9.88. The molecule has 1 rings (SSSR count). The van der Waals surface area contributed by atoms with Crippen LogP contribution in [0, 0.1) is 5.41 Å². The van der Waals surface area contributed by atoms with Crippen LogP contribution >= 0.6 is 34.8 Å². The number of hydrogen-bond acceptors (Lipinski definition) is 3. The van der Waals surface area contributed by atoms with E-state index in [0.29, 0.717) is 13.0 Å². The topological polar surface area (TPSA) is 62.2 Å². The molecule has 0 saturated heterocycles. The van der Waals surface area contributed by atoms with Crippen LogP contribution in [0.15, 0.2) is 6.20 Å². The van der Waals surface area contributed by atoms with Gasteiger partial charge in [-0.1, -0.05) is 48.7 Å². The van der Waals surface area contributed by atoms with Gasteiger partial charge in [0.2, 0.25) is 0 Å². The van der Waals surface area contributed by atoms with Crippen LogP contribution in [0.5, 0.6) is 0 Å². The van der Waals surface area contributed by atoms with Gasteiger partial charge in [0.25, 0.3) is 5.91 Å². The second kappa shape index (κ2) is 7.46. The molecule has 0 radical (unpaired) electrons. The van der Waals surface area contributed by atoms with Crippen LogP contribution < -0.4 is 5.32 Å². The van der Waals surface area contributed by atoms with Crippen molar-refractivity contribution >= 4 is 40.7 Å². The molecular formula is C13H17Cl3N2O2. The van der Waals surface area contributed by atoms with Gasteiger partial charge in [-0.2, -0.15) is 0 Å². The minimum absolute atomic E-state index is 0.0461. The molecule has 0 spiro atoms. The van der Waals surface area contributed by atoms with Crippen molar-refractivity contribution in [2.45, 2.75) is 26.7 Å². The van der Waals surface area contributed by atoms with Gasteiger partial charge in [-0.3, -0.25) is 4.79 Å². The van der Waals surface area contributed by atoms with Gasteiger partial charge < -0.3 is 10.4 Å². The predicted octanol–water partition coefficient (Wildman–Crippen LogP) is 3.57. The zero-order chi connectivity index (χ0) is 15.3. The number of rotatable bonds is 6. The number of nitrogens with zero attached hydrogens (tertiary/aromatic N) is 1. The maximum Gasteiger partial charge on any atom is 0.271 e. The van der Waals surface area contributed by atoms with Gasteiger partial charge >= 0.3 is 0 Å². The molecule has 0 aliphatic heterocycles. The van der Waals surface area contributed by atoms with Gasteiger partial charge in [0.1, 0.15) is 5.69 Å². The smallest absolute Gasteiger partial charge is 0.271 e. The third-order valence-corrected chi connectivity index (χ3v) is 4.11. The Labute approximate surface area is 133 Å². The molecular weight excluding hydrogens is 323 g/mol. The molecule has 0 saturated carbocycles. The van der Waals surface area contributed by atoms with Crippen LogP contribution in [0.1, 0.15) is 37.2 Å². The molecule has 0 atom stereocenters. The average Bonchev–Trinajstić information content (AvgIpc) is 2.40. The van der Waals surface area contributed by atoms with E-state index in [1.165, 1.54) is 6.20 Å². The Hall–Kier alpha value is -0.550. The van der Waals surface area contributed by atoms with Crippen LogP contribution in [0.3, 0.4) is 0 Å². The second-order valence-corrected chi connectivity index (χ2v) is 6.42. The van der Waals surface area contributed by atoms with Crippen molar-refractivity contribution < 1.29 is 9.90 Å². The first-order valence-corrected chi connectivity index (χ1v) is 7.30. The van der Waals surface area contributed by atoms with Gasteiger partial charge in [-0.05, 0) is 18.3 Å². The molecule has 1 aromatic heterocycles. The molecule has 112 valence electrons. The van der Waals surface area contributed by atoms with Gasteiger partial charge in [0.15, 0.2) is 0 Å². The SMILES string of the molecule is CC(C)(CCCO)CNC(=O)c1ncc(Cl)c(Cl)c1Cl. The Bertz CT molecular complexity index is 493. The minimum Gasteiger partial charge on any atom is -0.396 e. The number of aliphatic hydroxyl groups is 1. The summed E-state index contributed by atoms with van der Waals surface area (Å²) in [6.07, 6.45) is 2.78. The first-order valence-electron chi connectivity index (χ1n) is 6.17. The largest absolute Gasteiger partial charge is 0.396 e. The summed E-state index contributed by atoms with van der Waals surface area (Å²) in [6.45, 7) is 4.60. The number of nitrogens with one attached hydrogen (secondary N) is 1. The number of aromatic nitrogens is 1. The van der Waals surface area contributed by atoms with E-state index in [9.17, 15) is 4.79 Å². The zero-order valence-corrected chi connectivity index (χ0v) is 13.6. The van der Waals surface area contributed by atoms with E-state index in [4.69, 9.17) is 39.9 Å². The average molecular weight is 340 g/mol. The molecule has 0 fully saturated rings. The Balaban J connectivity index is 2.71. The Morgan fingerprint density at radius 1 is 1.35 bits per heavy atom. The molecule has 20 heavy (non-hydrogen) atoms. The van der Waals surface area contributed by atoms with Crippen molar-refractivity contribution in [1.29, 1.82) is 0 Å². The van der Waals surface area contributed by atoms with Crippen LogP contribution in [0.25, 0.3) is 0 Å². The lowest BCUT2D eigenvalue weighted by Gasteiger charge is -2.24. The van der Waals surface area contributed by atoms with E-state index in [-0.39, 0.29) is 32.8 Å². The van der Waals surface area contributed by atoms with Gasteiger partial charge in [-0.25, -0.2) is 4.98 Å². The Kier molecular flexibility index (Phi) is 6.52. The summed E-state index contributed by atoms with van der Waals surface area (Å²) in [5.74, 6) is -0.398. The predicted molar refractivity (Wildman–Crippen MR) is 81.7 cm³/mol. The number of aliphatic hydroxyl groups excluding tert-OH is 1. The Morgan fingerprint density at radius 2 is 2.00 bits per heavy atom. The van der Waals surface area contributed by atoms with E-state index in [0.717, 1.165) is 6.42 Å². The molecule has 0 aliphatic carbocycles. The first-order chi connectivity index (χ1) is 9.28. The van der Waals surface area contributed by atoms with E-state index >= 15 is 0 Å². The summed E-state index contributed by atoms with van der Waals surface area (Å²) in [6, 6.07) is 0. The highest BCUT2D eigenvalue weighted by atomic mass is 35.5. The maximum absolute atomic E-state index is 12.0. The molecule has 1 aromatic rings. The fraction of sp³-hybridized carbons (Fsp3) is 0.538. The van der Waals surface area contributed by atoms with Crippen molar-refractivity contribution in [3.8, 4) is 0 Å². The summed E-state index contributed by atoms with van der Waals surface area (Å²) < 4.78 is 0. The van der Waals surface area contributed by atoms with Crippen LogP contribution in [0.4, 0.5) is 0 Å². The number of pyridine rings is 1. The summed E-state index contributed by atoms with van der Waals surface area (Å²) >= 11 is 17.6. The Morgan fingerprint density at radius 3 is 2.60 bits per heavy atom. The van der Waals surface area contributed by atoms with Crippen molar-refractivity contribution in [3.63, 3.8) is 0 Å². The number of hydrogen-bond donors (Lipinski definition) is 2. The van der Waals surface area contributed by atoms with Gasteiger partial charge in [-0.15, -0.1) is 0 Å². The van der Waals surface area contributed by atoms with Crippen LogP contribution in [-0.4, -0.2) is 29.1 Å². The molecule has 0 aliphatic rings. The van der Waals surface area contributed by atoms with Gasteiger partial charge in [0.05, 0.1) is 15.1 Å². The summed E-state index contributed by atoms with van der Waals surface area (Å²) in [5, 5.41) is 12.0. The number of carbonyl (C=O) groups excluding carboxylic acids is 1. The fourth-order valence-corrected chi connectivity index (χ4v) is 2.22. The molecule has 1 heterocycles. The van der Waals surface area contributed by atoms with Crippen molar-refractivity contribution in [2.75, 3.05) is 13.2 Å². The monoisotopic (exact) mass is 338 g/mol. The summed E-state index contributed by atoms with van der Waals surface area (Å²) in [7, 11) is 0. The fourth-order valence-electron chi connectivity index (χ4n) is 1.65. The highest BCUT2D eigenvalue weighted by molar-refractivity contribution is 6.48. The van der Waals surface area contributed by atoms with E-state index < -0.39 is 5.91 Å². The third kappa shape index (κ3) is 4.77. The first kappa shape index (κ1) is 17.5. The highest BCUT2D eigenvalue weighted by Crippen LogP contribution is 2.31. The quantitative estimate of drug-likeness (QED) is 0.833.